The summed E-state index contributed by atoms with van der Waals surface area (Å²) in [6.07, 6.45) is 0. The maximum Gasteiger partial charge on any atom is 2.00 e. The predicted octanol–water partition coefficient (Wildman–Crippen LogP) is -0.623. The second-order valence-electron chi connectivity index (χ2n) is 0.552. The summed E-state index contributed by atoms with van der Waals surface area (Å²) in [5, 5.41) is 0. The van der Waals surface area contributed by atoms with Gasteiger partial charge in [-0.05, 0) is 11.8 Å². The fourth-order valence-electron chi connectivity index (χ4n) is 0. The summed E-state index contributed by atoms with van der Waals surface area (Å²) in [5.74, 6) is 0. The van der Waals surface area contributed by atoms with Crippen LogP contribution in [0, 0.1) is 0 Å². The summed E-state index contributed by atoms with van der Waals surface area (Å²) in [4.78, 5) is 0. The fourth-order valence-corrected chi connectivity index (χ4v) is 0. The standard InChI is InChI=1S/Ba.ClH2NO3S.2H/c;1-2-6(3,4)5;;/h;2H,(H,3,4,5);;/q+2;;2*-1. The SMILES string of the molecule is O=S(=O)(O)NCl.[Ba+2].[H-].[H-]. The van der Waals surface area contributed by atoms with Gasteiger partial charge >= 0.3 is 59.2 Å². The molecule has 0 aliphatic carbocycles. The first-order chi connectivity index (χ1) is 2.56. The summed E-state index contributed by atoms with van der Waals surface area (Å²) >= 11 is 4.39. The summed E-state index contributed by atoms with van der Waals surface area (Å²) in [5.41, 5.74) is 0. The normalized spacial score (nSPS) is 10.0. The summed E-state index contributed by atoms with van der Waals surface area (Å²) in [6, 6.07) is 0. The zero-order chi connectivity index (χ0) is 5.21. The van der Waals surface area contributed by atoms with E-state index in [1.165, 1.54) is 0 Å². The molecule has 0 fully saturated rings. The van der Waals surface area contributed by atoms with E-state index in [1.807, 2.05) is 0 Å². The van der Waals surface area contributed by atoms with Crippen LogP contribution in [0.1, 0.15) is 2.85 Å². The molecule has 0 atom stereocenters. The molecule has 7 heavy (non-hydrogen) atoms. The minimum Gasteiger partial charge on any atom is -1.00 e. The quantitative estimate of drug-likeness (QED) is 0.379. The Morgan fingerprint density at radius 1 is 1.71 bits per heavy atom. The van der Waals surface area contributed by atoms with Crippen molar-refractivity contribution in [3.05, 3.63) is 0 Å². The molecular formula is H4BaClNO3S. The van der Waals surface area contributed by atoms with Gasteiger partial charge in [-0.25, -0.2) is 0 Å². The molecule has 0 radical (unpaired) electrons. The van der Waals surface area contributed by atoms with Gasteiger partial charge in [-0.1, -0.05) is 0 Å². The van der Waals surface area contributed by atoms with Crippen molar-refractivity contribution in [2.75, 3.05) is 0 Å². The number of hydrogen-bond donors (Lipinski definition) is 2. The third-order valence-corrected chi connectivity index (χ3v) is 0.877. The molecule has 42 valence electrons. The molecule has 0 saturated heterocycles. The van der Waals surface area contributed by atoms with Gasteiger partial charge in [-0.2, -0.15) is 8.42 Å². The molecule has 0 spiro atoms. The van der Waals surface area contributed by atoms with Gasteiger partial charge in [0.15, 0.2) is 0 Å². The van der Waals surface area contributed by atoms with Crippen molar-refractivity contribution in [2.45, 2.75) is 0 Å². The molecule has 0 amide bonds. The van der Waals surface area contributed by atoms with E-state index in [0.717, 1.165) is 4.24 Å². The van der Waals surface area contributed by atoms with Gasteiger partial charge in [0.05, 0.1) is 0 Å². The third kappa shape index (κ3) is 11.3. The van der Waals surface area contributed by atoms with E-state index in [1.54, 1.807) is 0 Å². The second kappa shape index (κ2) is 4.60. The van der Waals surface area contributed by atoms with E-state index in [9.17, 15) is 8.42 Å². The number of hydrogen-bond acceptors (Lipinski definition) is 2. The Kier molecular flexibility index (Phi) is 7.56. The van der Waals surface area contributed by atoms with Crippen molar-refractivity contribution in [1.82, 2.24) is 4.24 Å². The average Bonchev–Trinajstić information content (AvgIpc) is 1.35. The van der Waals surface area contributed by atoms with Crippen molar-refractivity contribution in [3.63, 3.8) is 0 Å². The van der Waals surface area contributed by atoms with Crippen LogP contribution in [0.3, 0.4) is 0 Å². The molecule has 0 aliphatic heterocycles. The first-order valence-corrected chi connectivity index (χ1v) is 2.73. The van der Waals surface area contributed by atoms with Gasteiger partial charge in [0.25, 0.3) is 0 Å². The molecule has 0 aliphatic rings. The van der Waals surface area contributed by atoms with Crippen molar-refractivity contribution >= 4 is 71.0 Å². The molecule has 0 aromatic rings. The minimum absolute atomic E-state index is 0. The van der Waals surface area contributed by atoms with E-state index in [2.05, 4.69) is 11.8 Å². The first kappa shape index (κ1) is 11.5. The molecule has 7 heteroatoms. The number of halogens is 1. The van der Waals surface area contributed by atoms with E-state index in [0.29, 0.717) is 0 Å². The van der Waals surface area contributed by atoms with Crippen LogP contribution in [-0.4, -0.2) is 61.9 Å². The minimum atomic E-state index is -4.15. The van der Waals surface area contributed by atoms with Gasteiger partial charge in [0.2, 0.25) is 0 Å². The zero-order valence-electron chi connectivity index (χ0n) is 5.26. The molecule has 2 N–H and O–H groups in total. The predicted molar refractivity (Wildman–Crippen MR) is 28.5 cm³/mol. The molecule has 0 saturated carbocycles. The van der Waals surface area contributed by atoms with Crippen molar-refractivity contribution in [2.24, 2.45) is 0 Å². The molecule has 0 bridgehead atoms. The average molecular weight is 271 g/mol. The Morgan fingerprint density at radius 3 is 1.86 bits per heavy atom. The molecule has 0 heterocycles. The largest absolute Gasteiger partial charge is 2.00 e. The van der Waals surface area contributed by atoms with Crippen molar-refractivity contribution in [3.8, 4) is 0 Å². The number of rotatable bonds is 1. The van der Waals surface area contributed by atoms with E-state index in [-0.39, 0.29) is 51.7 Å². The molecule has 0 unspecified atom stereocenters. The second-order valence-corrected chi connectivity index (χ2v) is 2.12. The van der Waals surface area contributed by atoms with E-state index < -0.39 is 10.3 Å². The molecule has 0 aromatic carbocycles. The van der Waals surface area contributed by atoms with Gasteiger partial charge < -0.3 is 2.85 Å². The van der Waals surface area contributed by atoms with Crippen molar-refractivity contribution < 1.29 is 15.8 Å². The van der Waals surface area contributed by atoms with Crippen LogP contribution in [0.4, 0.5) is 0 Å². The van der Waals surface area contributed by atoms with Crippen LogP contribution in [0.2, 0.25) is 0 Å². The van der Waals surface area contributed by atoms with Crippen LogP contribution in [0.5, 0.6) is 0 Å². The molecule has 4 nitrogen and oxygen atoms in total. The van der Waals surface area contributed by atoms with E-state index >= 15 is 0 Å². The Bertz CT molecular complexity index is 124. The van der Waals surface area contributed by atoms with Gasteiger partial charge in [0, 0.05) is 0 Å². The Labute approximate surface area is 89.6 Å². The van der Waals surface area contributed by atoms with Crippen LogP contribution < -0.4 is 4.24 Å². The molecular weight excluding hydrogens is 267 g/mol. The Balaban J connectivity index is -0.0000000417. The van der Waals surface area contributed by atoms with Gasteiger partial charge in [-0.15, -0.1) is 4.24 Å². The maximum atomic E-state index is 9.31. The molecule has 0 aromatic heterocycles. The Morgan fingerprint density at radius 2 is 1.86 bits per heavy atom. The maximum absolute atomic E-state index is 9.31. The van der Waals surface area contributed by atoms with Crippen molar-refractivity contribution in [1.29, 1.82) is 0 Å². The monoisotopic (exact) mass is 271 g/mol. The summed E-state index contributed by atoms with van der Waals surface area (Å²) in [7, 11) is -4.15. The molecule has 0 rings (SSSR count). The first-order valence-electron chi connectivity index (χ1n) is 0.909. The van der Waals surface area contributed by atoms with Crippen LogP contribution in [0.25, 0.3) is 0 Å². The third-order valence-electron chi connectivity index (χ3n) is 0.0975. The van der Waals surface area contributed by atoms with E-state index in [4.69, 9.17) is 4.55 Å². The summed E-state index contributed by atoms with van der Waals surface area (Å²) < 4.78 is 27.3. The smallest absolute Gasteiger partial charge is 1.00 e. The van der Waals surface area contributed by atoms with Crippen LogP contribution in [-0.2, 0) is 10.3 Å². The van der Waals surface area contributed by atoms with Gasteiger partial charge in [0.1, 0.15) is 0 Å². The fraction of sp³-hybridized carbons (Fsp3) is 0. The van der Waals surface area contributed by atoms with Crippen LogP contribution >= 0.6 is 11.8 Å². The number of nitrogens with one attached hydrogen (secondary N) is 1. The Hall–Kier alpha value is 1.73. The summed E-state index contributed by atoms with van der Waals surface area (Å²) in [6.45, 7) is 0. The van der Waals surface area contributed by atoms with Crippen LogP contribution in [0.15, 0.2) is 0 Å². The zero-order valence-corrected chi connectivity index (χ0v) is 9.27. The van der Waals surface area contributed by atoms with Gasteiger partial charge in [-0.3, -0.25) is 4.55 Å². The topological polar surface area (TPSA) is 66.4 Å².